The van der Waals surface area contributed by atoms with Gasteiger partial charge in [0.2, 0.25) is 0 Å². The first kappa shape index (κ1) is 19.2. The Kier molecular flexibility index (Phi) is 9.41. The van der Waals surface area contributed by atoms with E-state index in [1.165, 1.54) is 25.7 Å². The van der Waals surface area contributed by atoms with Crippen LogP contribution >= 0.6 is 0 Å². The molecule has 4 nitrogen and oxygen atoms in total. The molecule has 1 aliphatic carbocycles. The molecule has 128 valence electrons. The lowest BCUT2D eigenvalue weighted by molar-refractivity contribution is -0.150. The lowest BCUT2D eigenvalue weighted by Gasteiger charge is -2.26. The topological polar surface area (TPSA) is 55.8 Å². The zero-order valence-electron chi connectivity index (χ0n) is 14.2. The van der Waals surface area contributed by atoms with Crippen molar-refractivity contribution in [1.82, 2.24) is 0 Å². The number of carbonyl (C=O) groups is 1. The molecule has 1 fully saturated rings. The summed E-state index contributed by atoms with van der Waals surface area (Å²) in [6.45, 7) is 8.46. The number of aliphatic hydroxyl groups excluding tert-OH is 1. The van der Waals surface area contributed by atoms with Crippen molar-refractivity contribution < 1.29 is 19.4 Å². The molecule has 1 unspecified atom stereocenters. The van der Waals surface area contributed by atoms with Crippen LogP contribution in [0.1, 0.15) is 65.2 Å². The van der Waals surface area contributed by atoms with Gasteiger partial charge in [0.05, 0.1) is 19.1 Å². The van der Waals surface area contributed by atoms with Gasteiger partial charge in [-0.05, 0) is 56.9 Å². The van der Waals surface area contributed by atoms with Crippen molar-refractivity contribution in [3.8, 4) is 0 Å². The Morgan fingerprint density at radius 3 is 2.45 bits per heavy atom. The van der Waals surface area contributed by atoms with Gasteiger partial charge in [-0.3, -0.25) is 4.79 Å². The number of rotatable bonds is 10. The molecule has 1 atom stereocenters. The Morgan fingerprint density at radius 1 is 1.23 bits per heavy atom. The summed E-state index contributed by atoms with van der Waals surface area (Å²) in [5.41, 5.74) is 0.602. The molecule has 1 N–H and O–H groups in total. The summed E-state index contributed by atoms with van der Waals surface area (Å²) in [5, 5.41) is 9.39. The summed E-state index contributed by atoms with van der Waals surface area (Å²) in [5.74, 6) is 0.887. The first-order valence-corrected chi connectivity index (χ1v) is 8.66. The predicted octanol–water partition coefficient (Wildman–Crippen LogP) is 3.83. The van der Waals surface area contributed by atoms with E-state index in [0.717, 1.165) is 31.6 Å². The molecule has 0 heterocycles. The van der Waals surface area contributed by atoms with Gasteiger partial charge in [0.15, 0.2) is 6.29 Å². The summed E-state index contributed by atoms with van der Waals surface area (Å²) in [6.07, 6.45) is 7.47. The summed E-state index contributed by atoms with van der Waals surface area (Å²) in [6, 6.07) is 0. The molecule has 0 bridgehead atoms. The van der Waals surface area contributed by atoms with Crippen LogP contribution in [0, 0.1) is 11.8 Å². The van der Waals surface area contributed by atoms with Crippen molar-refractivity contribution in [2.75, 3.05) is 13.2 Å². The molecule has 1 aliphatic rings. The minimum absolute atomic E-state index is 0.0298. The van der Waals surface area contributed by atoms with Crippen LogP contribution in [-0.2, 0) is 14.3 Å². The second-order valence-corrected chi connectivity index (χ2v) is 6.45. The molecule has 0 aromatic rings. The number of ether oxygens (including phenoxy) is 2. The van der Waals surface area contributed by atoms with E-state index in [1.54, 1.807) is 6.92 Å². The fraction of sp³-hybridized carbons (Fsp3) is 0.833. The molecular formula is C18H32O4. The van der Waals surface area contributed by atoms with E-state index >= 15 is 0 Å². The average molecular weight is 312 g/mol. The van der Waals surface area contributed by atoms with Crippen LogP contribution in [0.25, 0.3) is 0 Å². The average Bonchev–Trinajstić information content (AvgIpc) is 2.51. The number of esters is 1. The van der Waals surface area contributed by atoms with E-state index < -0.39 is 6.29 Å². The van der Waals surface area contributed by atoms with Gasteiger partial charge < -0.3 is 14.6 Å². The summed E-state index contributed by atoms with van der Waals surface area (Å²) < 4.78 is 10.5. The largest absolute Gasteiger partial charge is 0.465 e. The van der Waals surface area contributed by atoms with Crippen LogP contribution in [0.2, 0.25) is 0 Å². The quantitative estimate of drug-likeness (QED) is 0.288. The molecule has 1 saturated carbocycles. The minimum atomic E-state index is -0.888. The van der Waals surface area contributed by atoms with E-state index in [4.69, 9.17) is 9.47 Å². The van der Waals surface area contributed by atoms with Gasteiger partial charge in [-0.15, -0.1) is 0 Å². The highest BCUT2D eigenvalue weighted by molar-refractivity contribution is 5.72. The van der Waals surface area contributed by atoms with Crippen LogP contribution in [-0.4, -0.2) is 30.6 Å². The van der Waals surface area contributed by atoms with Crippen molar-refractivity contribution in [2.45, 2.75) is 71.5 Å². The Bertz CT molecular complexity index is 332. The van der Waals surface area contributed by atoms with Gasteiger partial charge in [0, 0.05) is 0 Å². The van der Waals surface area contributed by atoms with Crippen molar-refractivity contribution in [3.63, 3.8) is 0 Å². The molecule has 0 aromatic heterocycles. The summed E-state index contributed by atoms with van der Waals surface area (Å²) in [4.78, 5) is 12.0. The molecule has 0 aliphatic heterocycles. The third-order valence-electron chi connectivity index (χ3n) is 4.36. The van der Waals surface area contributed by atoms with E-state index in [-0.39, 0.29) is 11.9 Å². The highest BCUT2D eigenvalue weighted by atomic mass is 16.6. The third kappa shape index (κ3) is 7.41. The second-order valence-electron chi connectivity index (χ2n) is 6.45. The van der Waals surface area contributed by atoms with E-state index in [0.29, 0.717) is 18.8 Å². The standard InChI is InChI=1S/C18H32O4/c1-4-7-15-8-10-16(11-9-15)18(20)22-13-6-5-12-21-17(19)14(2)3/h15-17,19H,2,4-13H2,1,3H3. The zero-order chi connectivity index (χ0) is 16.4. The molecule has 22 heavy (non-hydrogen) atoms. The summed E-state index contributed by atoms with van der Waals surface area (Å²) >= 11 is 0. The van der Waals surface area contributed by atoms with Crippen molar-refractivity contribution in [2.24, 2.45) is 11.8 Å². The van der Waals surface area contributed by atoms with E-state index in [1.807, 2.05) is 0 Å². The van der Waals surface area contributed by atoms with E-state index in [9.17, 15) is 9.90 Å². The van der Waals surface area contributed by atoms with Gasteiger partial charge in [-0.25, -0.2) is 0 Å². The highest BCUT2D eigenvalue weighted by Gasteiger charge is 2.26. The number of hydrogen-bond acceptors (Lipinski definition) is 4. The number of aliphatic hydroxyl groups is 1. The Labute approximate surface area is 134 Å². The molecule has 0 aromatic carbocycles. The van der Waals surface area contributed by atoms with Gasteiger partial charge in [0.25, 0.3) is 0 Å². The van der Waals surface area contributed by atoms with Crippen LogP contribution in [0.15, 0.2) is 12.2 Å². The molecule has 4 heteroatoms. The van der Waals surface area contributed by atoms with Crippen LogP contribution < -0.4 is 0 Å². The molecule has 0 saturated heterocycles. The van der Waals surface area contributed by atoms with Gasteiger partial charge in [-0.1, -0.05) is 26.3 Å². The minimum Gasteiger partial charge on any atom is -0.465 e. The van der Waals surface area contributed by atoms with E-state index in [2.05, 4.69) is 13.5 Å². The lowest BCUT2D eigenvalue weighted by atomic mass is 9.80. The molecule has 0 radical (unpaired) electrons. The third-order valence-corrected chi connectivity index (χ3v) is 4.36. The maximum Gasteiger partial charge on any atom is 0.308 e. The van der Waals surface area contributed by atoms with Gasteiger partial charge in [0.1, 0.15) is 0 Å². The monoisotopic (exact) mass is 312 g/mol. The van der Waals surface area contributed by atoms with Crippen molar-refractivity contribution >= 4 is 5.97 Å². The van der Waals surface area contributed by atoms with Crippen LogP contribution in [0.5, 0.6) is 0 Å². The fourth-order valence-electron chi connectivity index (χ4n) is 2.93. The fourth-order valence-corrected chi connectivity index (χ4v) is 2.93. The molecule has 0 spiro atoms. The highest BCUT2D eigenvalue weighted by Crippen LogP contribution is 2.32. The molecule has 0 amide bonds. The maximum atomic E-state index is 12.0. The maximum absolute atomic E-state index is 12.0. The predicted molar refractivity (Wildman–Crippen MR) is 87.3 cm³/mol. The number of unbranched alkanes of at least 4 members (excludes halogenated alkanes) is 1. The SMILES string of the molecule is C=C(C)C(O)OCCCCOC(=O)C1CCC(CCC)CC1. The first-order chi connectivity index (χ1) is 10.5. The number of hydrogen-bond donors (Lipinski definition) is 1. The molecule has 1 rings (SSSR count). The smallest absolute Gasteiger partial charge is 0.308 e. The van der Waals surface area contributed by atoms with Crippen LogP contribution in [0.3, 0.4) is 0 Å². The van der Waals surface area contributed by atoms with Gasteiger partial charge in [-0.2, -0.15) is 0 Å². The lowest BCUT2D eigenvalue weighted by Crippen LogP contribution is -2.24. The Hall–Kier alpha value is -0.870. The van der Waals surface area contributed by atoms with Crippen LogP contribution in [0.4, 0.5) is 0 Å². The second kappa shape index (κ2) is 10.8. The first-order valence-electron chi connectivity index (χ1n) is 8.66. The Balaban J connectivity index is 2.03. The normalized spacial score (nSPS) is 23.0. The summed E-state index contributed by atoms with van der Waals surface area (Å²) in [7, 11) is 0. The van der Waals surface area contributed by atoms with Crippen molar-refractivity contribution in [3.05, 3.63) is 12.2 Å². The number of carbonyl (C=O) groups excluding carboxylic acids is 1. The Morgan fingerprint density at radius 2 is 1.86 bits per heavy atom. The van der Waals surface area contributed by atoms with Gasteiger partial charge >= 0.3 is 5.97 Å². The molecular weight excluding hydrogens is 280 g/mol. The van der Waals surface area contributed by atoms with Crippen molar-refractivity contribution in [1.29, 1.82) is 0 Å². The zero-order valence-corrected chi connectivity index (χ0v) is 14.2.